The van der Waals surface area contributed by atoms with E-state index in [0.717, 1.165) is 4.47 Å². The van der Waals surface area contributed by atoms with Crippen molar-refractivity contribution in [3.63, 3.8) is 0 Å². The molecule has 4 heteroatoms. The van der Waals surface area contributed by atoms with Gasteiger partial charge in [0, 0.05) is 17.3 Å². The molecule has 0 fully saturated rings. The SMILES string of the molecule is CC(O)(CC=O)Cc1cc(F)ccc1Br. The van der Waals surface area contributed by atoms with Crippen LogP contribution in [0.3, 0.4) is 0 Å². The quantitative estimate of drug-likeness (QED) is 0.857. The highest BCUT2D eigenvalue weighted by Gasteiger charge is 2.21. The van der Waals surface area contributed by atoms with Crippen molar-refractivity contribution in [2.45, 2.75) is 25.4 Å². The monoisotopic (exact) mass is 274 g/mol. The number of rotatable bonds is 4. The minimum absolute atomic E-state index is 0.0377. The molecule has 0 saturated carbocycles. The first-order valence-electron chi connectivity index (χ1n) is 4.54. The largest absolute Gasteiger partial charge is 0.389 e. The summed E-state index contributed by atoms with van der Waals surface area (Å²) in [6, 6.07) is 4.27. The first-order valence-corrected chi connectivity index (χ1v) is 5.34. The van der Waals surface area contributed by atoms with E-state index in [0.29, 0.717) is 11.8 Å². The van der Waals surface area contributed by atoms with Gasteiger partial charge in [-0.1, -0.05) is 15.9 Å². The summed E-state index contributed by atoms with van der Waals surface area (Å²) in [5.74, 6) is -0.352. The molecular weight excluding hydrogens is 263 g/mol. The first kappa shape index (κ1) is 12.3. The lowest BCUT2D eigenvalue weighted by Gasteiger charge is -2.21. The van der Waals surface area contributed by atoms with Crippen LogP contribution in [-0.4, -0.2) is 17.0 Å². The molecule has 1 aromatic rings. The standard InChI is InChI=1S/C11H12BrFO2/c1-11(15,4-5-14)7-8-6-9(13)2-3-10(8)12/h2-3,5-6,15H,4,7H2,1H3. The van der Waals surface area contributed by atoms with Gasteiger partial charge in [-0.3, -0.25) is 0 Å². The summed E-state index contributed by atoms with van der Waals surface area (Å²) in [6.07, 6.45) is 0.938. The Morgan fingerprint density at radius 1 is 1.60 bits per heavy atom. The maximum Gasteiger partial charge on any atom is 0.123 e. The molecule has 0 aliphatic rings. The van der Waals surface area contributed by atoms with Gasteiger partial charge >= 0.3 is 0 Å². The van der Waals surface area contributed by atoms with Crippen LogP contribution in [0.25, 0.3) is 0 Å². The molecule has 82 valence electrons. The van der Waals surface area contributed by atoms with Crippen LogP contribution in [-0.2, 0) is 11.2 Å². The van der Waals surface area contributed by atoms with Gasteiger partial charge in [-0.25, -0.2) is 4.39 Å². The van der Waals surface area contributed by atoms with E-state index in [1.165, 1.54) is 12.1 Å². The Bertz CT molecular complexity index is 364. The third-order valence-corrected chi connectivity index (χ3v) is 2.88. The van der Waals surface area contributed by atoms with Crippen LogP contribution >= 0.6 is 15.9 Å². The average molecular weight is 275 g/mol. The highest BCUT2D eigenvalue weighted by molar-refractivity contribution is 9.10. The lowest BCUT2D eigenvalue weighted by molar-refractivity contribution is -0.111. The van der Waals surface area contributed by atoms with Crippen molar-refractivity contribution in [1.82, 2.24) is 0 Å². The number of carbonyl (C=O) groups excluding carboxylic acids is 1. The van der Waals surface area contributed by atoms with Crippen LogP contribution < -0.4 is 0 Å². The van der Waals surface area contributed by atoms with Gasteiger partial charge < -0.3 is 9.90 Å². The number of hydrogen-bond acceptors (Lipinski definition) is 2. The topological polar surface area (TPSA) is 37.3 Å². The second-order valence-electron chi connectivity index (χ2n) is 3.78. The molecule has 0 amide bonds. The van der Waals surface area contributed by atoms with E-state index in [-0.39, 0.29) is 18.7 Å². The zero-order valence-corrected chi connectivity index (χ0v) is 9.92. The molecule has 0 aliphatic carbocycles. The number of benzene rings is 1. The predicted octanol–water partition coefficient (Wildman–Crippen LogP) is 2.47. The fourth-order valence-corrected chi connectivity index (χ4v) is 1.73. The van der Waals surface area contributed by atoms with Crippen LogP contribution in [0.1, 0.15) is 18.9 Å². The van der Waals surface area contributed by atoms with Crippen molar-refractivity contribution in [3.8, 4) is 0 Å². The molecule has 2 nitrogen and oxygen atoms in total. The molecular formula is C11H12BrFO2. The maximum absolute atomic E-state index is 12.9. The average Bonchev–Trinajstić information content (AvgIpc) is 2.10. The van der Waals surface area contributed by atoms with E-state index < -0.39 is 5.60 Å². The van der Waals surface area contributed by atoms with Gasteiger partial charge in [0.15, 0.2) is 0 Å². The van der Waals surface area contributed by atoms with E-state index in [4.69, 9.17) is 0 Å². The molecule has 0 aliphatic heterocycles. The zero-order valence-electron chi connectivity index (χ0n) is 8.34. The fourth-order valence-electron chi connectivity index (χ4n) is 1.34. The number of hydrogen-bond donors (Lipinski definition) is 1. The summed E-state index contributed by atoms with van der Waals surface area (Å²) in [5.41, 5.74) is -0.472. The second-order valence-corrected chi connectivity index (χ2v) is 4.63. The summed E-state index contributed by atoms with van der Waals surface area (Å²) < 4.78 is 13.7. The number of halogens is 2. The molecule has 1 unspecified atom stereocenters. The van der Waals surface area contributed by atoms with Crippen molar-refractivity contribution in [2.24, 2.45) is 0 Å². The molecule has 1 rings (SSSR count). The fraction of sp³-hybridized carbons (Fsp3) is 0.364. The lowest BCUT2D eigenvalue weighted by Crippen LogP contribution is -2.27. The van der Waals surface area contributed by atoms with Gasteiger partial charge in [0.05, 0.1) is 5.60 Å². The smallest absolute Gasteiger partial charge is 0.123 e. The molecule has 0 aromatic heterocycles. The summed E-state index contributed by atoms with van der Waals surface area (Å²) in [4.78, 5) is 10.3. The third kappa shape index (κ3) is 3.72. The van der Waals surface area contributed by atoms with Crippen LogP contribution in [0.4, 0.5) is 4.39 Å². The molecule has 1 atom stereocenters. The maximum atomic E-state index is 12.9. The van der Waals surface area contributed by atoms with E-state index in [9.17, 15) is 14.3 Å². The van der Waals surface area contributed by atoms with E-state index in [2.05, 4.69) is 15.9 Å². The van der Waals surface area contributed by atoms with Gasteiger partial charge in [-0.05, 0) is 30.7 Å². The first-order chi connectivity index (χ1) is 6.94. The van der Waals surface area contributed by atoms with Crippen LogP contribution in [0, 0.1) is 5.82 Å². The molecule has 0 spiro atoms. The predicted molar refractivity (Wildman–Crippen MR) is 59.1 cm³/mol. The van der Waals surface area contributed by atoms with Crippen LogP contribution in [0.2, 0.25) is 0 Å². The Morgan fingerprint density at radius 2 is 2.27 bits per heavy atom. The lowest BCUT2D eigenvalue weighted by atomic mass is 9.94. The van der Waals surface area contributed by atoms with Gasteiger partial charge in [0.25, 0.3) is 0 Å². The van der Waals surface area contributed by atoms with Crippen molar-refractivity contribution in [2.75, 3.05) is 0 Å². The molecule has 15 heavy (non-hydrogen) atoms. The van der Waals surface area contributed by atoms with Crippen LogP contribution in [0.5, 0.6) is 0 Å². The number of aldehydes is 1. The Labute approximate surface area is 96.2 Å². The van der Waals surface area contributed by atoms with Gasteiger partial charge in [-0.2, -0.15) is 0 Å². The van der Waals surface area contributed by atoms with E-state index in [1.807, 2.05) is 0 Å². The number of aliphatic hydroxyl groups is 1. The Hall–Kier alpha value is -0.740. The second kappa shape index (κ2) is 4.86. The van der Waals surface area contributed by atoms with Crippen molar-refractivity contribution < 1.29 is 14.3 Å². The van der Waals surface area contributed by atoms with Gasteiger partial charge in [0.2, 0.25) is 0 Å². The summed E-state index contributed by atoms with van der Waals surface area (Å²) in [7, 11) is 0. The Morgan fingerprint density at radius 3 is 2.87 bits per heavy atom. The van der Waals surface area contributed by atoms with E-state index in [1.54, 1.807) is 13.0 Å². The minimum atomic E-state index is -1.13. The van der Waals surface area contributed by atoms with Crippen molar-refractivity contribution in [1.29, 1.82) is 0 Å². The van der Waals surface area contributed by atoms with Crippen molar-refractivity contribution >= 4 is 22.2 Å². The summed E-state index contributed by atoms with van der Waals surface area (Å²) >= 11 is 3.27. The normalized spacial score (nSPS) is 14.7. The Kier molecular flexibility index (Phi) is 3.99. The molecule has 0 saturated heterocycles. The summed E-state index contributed by atoms with van der Waals surface area (Å²) in [6.45, 7) is 1.55. The highest BCUT2D eigenvalue weighted by atomic mass is 79.9. The highest BCUT2D eigenvalue weighted by Crippen LogP contribution is 2.23. The molecule has 0 radical (unpaired) electrons. The van der Waals surface area contributed by atoms with Crippen LogP contribution in [0.15, 0.2) is 22.7 Å². The molecule has 1 N–H and O–H groups in total. The van der Waals surface area contributed by atoms with E-state index >= 15 is 0 Å². The molecule has 1 aromatic carbocycles. The van der Waals surface area contributed by atoms with Gasteiger partial charge in [0.1, 0.15) is 12.1 Å². The summed E-state index contributed by atoms with van der Waals surface area (Å²) in [5, 5.41) is 9.81. The third-order valence-electron chi connectivity index (χ3n) is 2.10. The number of carbonyl (C=O) groups is 1. The molecule has 0 heterocycles. The Balaban J connectivity index is 2.88. The van der Waals surface area contributed by atoms with Crippen molar-refractivity contribution in [3.05, 3.63) is 34.1 Å². The minimum Gasteiger partial charge on any atom is -0.389 e. The van der Waals surface area contributed by atoms with Gasteiger partial charge in [-0.15, -0.1) is 0 Å². The zero-order chi connectivity index (χ0) is 11.5. The molecule has 0 bridgehead atoms.